The zero-order valence-corrected chi connectivity index (χ0v) is 13.2. The van der Waals surface area contributed by atoms with Crippen molar-refractivity contribution < 1.29 is 13.6 Å². The van der Waals surface area contributed by atoms with E-state index in [0.717, 1.165) is 0 Å². The molecule has 1 unspecified atom stereocenters. The molecule has 0 aliphatic heterocycles. The molecule has 0 fully saturated rings. The van der Waals surface area contributed by atoms with Gasteiger partial charge in [-0.05, 0) is 65.2 Å². The smallest absolute Gasteiger partial charge is 0.251 e. The molecule has 0 aliphatic rings. The molecule has 0 saturated heterocycles. The van der Waals surface area contributed by atoms with Gasteiger partial charge in [0, 0.05) is 5.56 Å². The van der Waals surface area contributed by atoms with Gasteiger partial charge in [-0.15, -0.1) is 0 Å². The number of carbonyl (C=O) groups is 1. The lowest BCUT2D eigenvalue weighted by Gasteiger charge is -2.15. The fourth-order valence-electron chi connectivity index (χ4n) is 1.88. The third kappa shape index (κ3) is 3.67. The van der Waals surface area contributed by atoms with Crippen LogP contribution in [0.25, 0.3) is 0 Å². The predicted octanol–water partition coefficient (Wildman–Crippen LogP) is 4.53. The van der Waals surface area contributed by atoms with Gasteiger partial charge >= 0.3 is 0 Å². The molecule has 0 radical (unpaired) electrons. The molecule has 1 atom stereocenters. The van der Waals surface area contributed by atoms with E-state index in [1.165, 1.54) is 24.3 Å². The Labute approximate surface area is 130 Å². The molecule has 0 heterocycles. The first-order valence-corrected chi connectivity index (χ1v) is 7.19. The number of nitrogens with one attached hydrogen (secondary N) is 1. The van der Waals surface area contributed by atoms with Crippen LogP contribution in [0.3, 0.4) is 0 Å². The van der Waals surface area contributed by atoms with Gasteiger partial charge in [-0.3, -0.25) is 4.79 Å². The Hall–Kier alpha value is -1.75. The minimum Gasteiger partial charge on any atom is -0.346 e. The lowest BCUT2D eigenvalue weighted by molar-refractivity contribution is 0.0939. The maximum atomic E-state index is 13.5. The van der Waals surface area contributed by atoms with Crippen molar-refractivity contribution in [3.63, 3.8) is 0 Å². The highest BCUT2D eigenvalue weighted by molar-refractivity contribution is 9.10. The Balaban J connectivity index is 2.14. The van der Waals surface area contributed by atoms with E-state index in [-0.39, 0.29) is 22.2 Å². The van der Waals surface area contributed by atoms with Crippen LogP contribution in [0.1, 0.15) is 34.5 Å². The average Bonchev–Trinajstić information content (AvgIpc) is 2.44. The average molecular weight is 354 g/mol. The molecular formula is C16H14BrF2NO. The van der Waals surface area contributed by atoms with E-state index in [4.69, 9.17) is 0 Å². The summed E-state index contributed by atoms with van der Waals surface area (Å²) in [6.07, 6.45) is 0. The highest BCUT2D eigenvalue weighted by Gasteiger charge is 2.13. The summed E-state index contributed by atoms with van der Waals surface area (Å²) >= 11 is 3.04. The van der Waals surface area contributed by atoms with Crippen LogP contribution in [0.4, 0.5) is 8.78 Å². The standard InChI is InChI=1S/C16H14BrF2NO/c1-9-3-4-11(8-15(9)19)10(2)20-16(21)12-5-6-14(18)13(17)7-12/h3-8,10H,1-2H3,(H,20,21). The van der Waals surface area contributed by atoms with E-state index in [1.807, 2.05) is 0 Å². The lowest BCUT2D eigenvalue weighted by atomic mass is 10.1. The topological polar surface area (TPSA) is 29.1 Å². The van der Waals surface area contributed by atoms with Gasteiger partial charge in [0.2, 0.25) is 0 Å². The number of carbonyl (C=O) groups excluding carboxylic acids is 1. The number of hydrogen-bond donors (Lipinski definition) is 1. The third-order valence-corrected chi connectivity index (χ3v) is 3.83. The van der Waals surface area contributed by atoms with Crippen LogP contribution >= 0.6 is 15.9 Å². The Bertz CT molecular complexity index is 688. The van der Waals surface area contributed by atoms with E-state index in [1.54, 1.807) is 26.0 Å². The van der Waals surface area contributed by atoms with Gasteiger partial charge < -0.3 is 5.32 Å². The maximum Gasteiger partial charge on any atom is 0.251 e. The molecule has 1 amide bonds. The van der Waals surface area contributed by atoms with Crippen LogP contribution in [0.5, 0.6) is 0 Å². The number of amides is 1. The fraction of sp³-hybridized carbons (Fsp3) is 0.188. The van der Waals surface area contributed by atoms with Crippen molar-refractivity contribution in [2.24, 2.45) is 0 Å². The summed E-state index contributed by atoms with van der Waals surface area (Å²) in [5.41, 5.74) is 1.56. The van der Waals surface area contributed by atoms with Crippen LogP contribution in [0.15, 0.2) is 40.9 Å². The first-order valence-electron chi connectivity index (χ1n) is 6.40. The zero-order chi connectivity index (χ0) is 15.6. The SMILES string of the molecule is Cc1ccc(C(C)NC(=O)c2ccc(F)c(Br)c2)cc1F. The van der Waals surface area contributed by atoms with Gasteiger partial charge in [-0.25, -0.2) is 8.78 Å². The van der Waals surface area contributed by atoms with Crippen LogP contribution < -0.4 is 5.32 Å². The number of halogens is 3. The molecule has 0 spiro atoms. The predicted molar refractivity (Wildman–Crippen MR) is 81.1 cm³/mol. The largest absolute Gasteiger partial charge is 0.346 e. The van der Waals surface area contributed by atoms with Crippen LogP contribution in [0.2, 0.25) is 0 Å². The maximum absolute atomic E-state index is 13.5. The van der Waals surface area contributed by atoms with Gasteiger partial charge in [0.1, 0.15) is 11.6 Å². The summed E-state index contributed by atoms with van der Waals surface area (Å²) < 4.78 is 26.9. The van der Waals surface area contributed by atoms with Crippen molar-refractivity contribution in [2.45, 2.75) is 19.9 Å². The van der Waals surface area contributed by atoms with E-state index in [0.29, 0.717) is 16.7 Å². The number of rotatable bonds is 3. The molecule has 110 valence electrons. The Morgan fingerprint density at radius 1 is 1.14 bits per heavy atom. The van der Waals surface area contributed by atoms with E-state index in [2.05, 4.69) is 21.2 Å². The zero-order valence-electron chi connectivity index (χ0n) is 11.6. The minimum atomic E-state index is -0.430. The molecule has 2 nitrogen and oxygen atoms in total. The third-order valence-electron chi connectivity index (χ3n) is 3.23. The van der Waals surface area contributed by atoms with Gasteiger partial charge in [0.05, 0.1) is 10.5 Å². The van der Waals surface area contributed by atoms with Crippen molar-refractivity contribution in [3.05, 3.63) is 69.2 Å². The molecule has 2 aromatic carbocycles. The van der Waals surface area contributed by atoms with Crippen molar-refractivity contribution in [3.8, 4) is 0 Å². The molecule has 2 rings (SSSR count). The Morgan fingerprint density at radius 3 is 2.48 bits per heavy atom. The van der Waals surface area contributed by atoms with Crippen molar-refractivity contribution in [1.82, 2.24) is 5.32 Å². The summed E-state index contributed by atoms with van der Waals surface area (Å²) in [7, 11) is 0. The number of aryl methyl sites for hydroxylation is 1. The van der Waals surface area contributed by atoms with Crippen LogP contribution in [-0.2, 0) is 0 Å². The van der Waals surface area contributed by atoms with Gasteiger partial charge in [-0.2, -0.15) is 0 Å². The second kappa shape index (κ2) is 6.35. The normalized spacial score (nSPS) is 12.0. The lowest BCUT2D eigenvalue weighted by Crippen LogP contribution is -2.26. The second-order valence-corrected chi connectivity index (χ2v) is 5.69. The molecule has 21 heavy (non-hydrogen) atoms. The Kier molecular flexibility index (Phi) is 4.73. The summed E-state index contributed by atoms with van der Waals surface area (Å²) in [6.45, 7) is 3.44. The van der Waals surface area contributed by atoms with Gasteiger partial charge in [-0.1, -0.05) is 12.1 Å². The Morgan fingerprint density at radius 2 is 1.86 bits per heavy atom. The van der Waals surface area contributed by atoms with Crippen molar-refractivity contribution in [1.29, 1.82) is 0 Å². The van der Waals surface area contributed by atoms with Crippen molar-refractivity contribution in [2.75, 3.05) is 0 Å². The van der Waals surface area contributed by atoms with Crippen LogP contribution in [-0.4, -0.2) is 5.91 Å². The summed E-state index contributed by atoms with van der Waals surface area (Å²) in [5.74, 6) is -1.08. The molecule has 5 heteroatoms. The van der Waals surface area contributed by atoms with Gasteiger partial charge in [0.25, 0.3) is 5.91 Å². The summed E-state index contributed by atoms with van der Waals surface area (Å²) in [5, 5.41) is 2.76. The highest BCUT2D eigenvalue weighted by Crippen LogP contribution is 2.19. The second-order valence-electron chi connectivity index (χ2n) is 4.83. The molecule has 1 N–H and O–H groups in total. The highest BCUT2D eigenvalue weighted by atomic mass is 79.9. The summed E-state index contributed by atoms with van der Waals surface area (Å²) in [6, 6.07) is 8.52. The minimum absolute atomic E-state index is 0.226. The van der Waals surface area contributed by atoms with E-state index < -0.39 is 5.82 Å². The molecule has 0 aromatic heterocycles. The number of benzene rings is 2. The molecule has 0 saturated carbocycles. The first kappa shape index (κ1) is 15.6. The quantitative estimate of drug-likeness (QED) is 0.862. The van der Waals surface area contributed by atoms with Gasteiger partial charge in [0.15, 0.2) is 0 Å². The van der Waals surface area contributed by atoms with E-state index >= 15 is 0 Å². The summed E-state index contributed by atoms with van der Waals surface area (Å²) in [4.78, 5) is 12.1. The monoisotopic (exact) mass is 353 g/mol. The van der Waals surface area contributed by atoms with Crippen LogP contribution in [0, 0.1) is 18.6 Å². The number of hydrogen-bond acceptors (Lipinski definition) is 1. The van der Waals surface area contributed by atoms with E-state index in [9.17, 15) is 13.6 Å². The molecule has 0 aliphatic carbocycles. The molecular weight excluding hydrogens is 340 g/mol. The van der Waals surface area contributed by atoms with Crippen molar-refractivity contribution >= 4 is 21.8 Å². The molecule has 2 aromatic rings. The first-order chi connectivity index (χ1) is 9.88. The molecule has 0 bridgehead atoms. The fourth-order valence-corrected chi connectivity index (χ4v) is 2.26.